The van der Waals surface area contributed by atoms with Crippen LogP contribution in [-0.4, -0.2) is 10.9 Å². The molecule has 0 spiro atoms. The molecule has 0 aliphatic rings. The molecule has 1 aromatic heterocycles. The van der Waals surface area contributed by atoms with Gasteiger partial charge in [0.25, 0.3) is 5.91 Å². The van der Waals surface area contributed by atoms with Gasteiger partial charge in [-0.05, 0) is 30.3 Å². The van der Waals surface area contributed by atoms with Crippen LogP contribution in [0.1, 0.15) is 10.4 Å². The van der Waals surface area contributed by atoms with Gasteiger partial charge in [0.2, 0.25) is 0 Å². The molecule has 0 bridgehead atoms. The van der Waals surface area contributed by atoms with Gasteiger partial charge in [-0.25, -0.2) is 13.8 Å². The second kappa shape index (κ2) is 6.53. The van der Waals surface area contributed by atoms with Crippen LogP contribution in [0.5, 0.6) is 0 Å². The van der Waals surface area contributed by atoms with Gasteiger partial charge in [0.1, 0.15) is 11.6 Å². The van der Waals surface area contributed by atoms with E-state index in [1.54, 1.807) is 30.5 Å². The summed E-state index contributed by atoms with van der Waals surface area (Å²) in [6, 6.07) is 9.54. The van der Waals surface area contributed by atoms with Crippen molar-refractivity contribution in [2.24, 2.45) is 0 Å². The van der Waals surface area contributed by atoms with Gasteiger partial charge in [-0.15, -0.1) is 11.3 Å². The van der Waals surface area contributed by atoms with E-state index in [1.165, 1.54) is 11.3 Å². The Labute approximate surface area is 134 Å². The van der Waals surface area contributed by atoms with Crippen molar-refractivity contribution in [3.05, 3.63) is 71.2 Å². The molecule has 0 aliphatic carbocycles. The van der Waals surface area contributed by atoms with E-state index in [4.69, 9.17) is 0 Å². The largest absolute Gasteiger partial charge is 0.332 e. The number of aromatic nitrogens is 1. The number of anilines is 3. The molecule has 1 heterocycles. The number of carbonyl (C=O) groups excluding carboxylic acids is 1. The van der Waals surface area contributed by atoms with Gasteiger partial charge in [-0.1, -0.05) is 6.07 Å². The van der Waals surface area contributed by atoms with Gasteiger partial charge in [0, 0.05) is 28.9 Å². The van der Waals surface area contributed by atoms with Crippen LogP contribution in [0, 0.1) is 11.6 Å². The van der Waals surface area contributed by atoms with Crippen molar-refractivity contribution in [2.75, 3.05) is 10.6 Å². The first-order chi connectivity index (χ1) is 11.1. The third kappa shape index (κ3) is 3.70. The molecule has 2 N–H and O–H groups in total. The van der Waals surface area contributed by atoms with Gasteiger partial charge < -0.3 is 10.6 Å². The zero-order valence-corrected chi connectivity index (χ0v) is 12.5. The number of hydrogen-bond acceptors (Lipinski definition) is 4. The Bertz CT molecular complexity index is 837. The number of nitrogens with zero attached hydrogens (tertiary/aromatic N) is 1. The van der Waals surface area contributed by atoms with Crippen molar-refractivity contribution in [1.82, 2.24) is 4.98 Å². The predicted octanol–water partition coefficient (Wildman–Crippen LogP) is 4.42. The molecule has 0 unspecified atom stereocenters. The summed E-state index contributed by atoms with van der Waals surface area (Å²) >= 11 is 1.42. The summed E-state index contributed by atoms with van der Waals surface area (Å²) in [6.07, 6.45) is 1.66. The summed E-state index contributed by atoms with van der Waals surface area (Å²) in [5.74, 6) is -1.85. The molecule has 0 radical (unpaired) electrons. The van der Waals surface area contributed by atoms with Gasteiger partial charge in [0.05, 0.1) is 5.69 Å². The minimum atomic E-state index is -0.697. The molecule has 0 aliphatic heterocycles. The van der Waals surface area contributed by atoms with Crippen molar-refractivity contribution in [3.63, 3.8) is 0 Å². The number of nitrogens with one attached hydrogen (secondary N) is 2. The van der Waals surface area contributed by atoms with E-state index in [2.05, 4.69) is 15.6 Å². The molecule has 0 atom stereocenters. The number of carbonyl (C=O) groups is 1. The average molecular weight is 331 g/mol. The maximum absolute atomic E-state index is 13.6. The molecule has 4 nitrogen and oxygen atoms in total. The number of thiazole rings is 1. The average Bonchev–Trinajstić information content (AvgIpc) is 3.04. The van der Waals surface area contributed by atoms with Crippen LogP contribution >= 0.6 is 11.3 Å². The topological polar surface area (TPSA) is 54.0 Å². The quantitative estimate of drug-likeness (QED) is 0.744. The van der Waals surface area contributed by atoms with Crippen LogP contribution in [0.15, 0.2) is 54.0 Å². The van der Waals surface area contributed by atoms with Crippen LogP contribution < -0.4 is 10.6 Å². The molecule has 1 amide bonds. The summed E-state index contributed by atoms with van der Waals surface area (Å²) < 4.78 is 26.7. The molecule has 3 rings (SSSR count). The fourth-order valence-electron chi connectivity index (χ4n) is 1.93. The third-order valence-electron chi connectivity index (χ3n) is 2.98. The fraction of sp³-hybridized carbons (Fsp3) is 0. The van der Waals surface area contributed by atoms with E-state index < -0.39 is 17.5 Å². The minimum absolute atomic E-state index is 0.201. The van der Waals surface area contributed by atoms with Crippen LogP contribution in [0.25, 0.3) is 0 Å². The molecule has 7 heteroatoms. The third-order valence-corrected chi connectivity index (χ3v) is 3.67. The van der Waals surface area contributed by atoms with Crippen molar-refractivity contribution in [2.45, 2.75) is 0 Å². The van der Waals surface area contributed by atoms with Gasteiger partial charge in [-0.3, -0.25) is 4.79 Å². The second-order valence-corrected chi connectivity index (χ2v) is 5.52. The lowest BCUT2D eigenvalue weighted by Gasteiger charge is -2.08. The standard InChI is InChI=1S/C16H11F2N3OS/c17-11-4-5-13(18)14(9-11)21-15(22)10-2-1-3-12(8-10)20-16-19-6-7-23-16/h1-9H,(H,19,20)(H,21,22). The van der Waals surface area contributed by atoms with E-state index >= 15 is 0 Å². The number of rotatable bonds is 4. The molecule has 0 saturated heterocycles. The highest BCUT2D eigenvalue weighted by atomic mass is 32.1. The van der Waals surface area contributed by atoms with Crippen molar-refractivity contribution in [1.29, 1.82) is 0 Å². The zero-order chi connectivity index (χ0) is 16.2. The lowest BCUT2D eigenvalue weighted by Crippen LogP contribution is -2.13. The molecule has 116 valence electrons. The Hall–Kier alpha value is -2.80. The van der Waals surface area contributed by atoms with Gasteiger partial charge in [-0.2, -0.15) is 0 Å². The number of benzene rings is 2. The van der Waals surface area contributed by atoms with Crippen LogP contribution in [-0.2, 0) is 0 Å². The Kier molecular flexibility index (Phi) is 4.29. The maximum atomic E-state index is 13.6. The molecule has 23 heavy (non-hydrogen) atoms. The summed E-state index contributed by atoms with van der Waals surface area (Å²) in [5.41, 5.74) is 0.788. The Morgan fingerprint density at radius 3 is 2.78 bits per heavy atom. The lowest BCUT2D eigenvalue weighted by molar-refractivity contribution is 0.102. The van der Waals surface area contributed by atoms with E-state index in [-0.39, 0.29) is 5.69 Å². The van der Waals surface area contributed by atoms with E-state index in [0.717, 1.165) is 18.2 Å². The molecule has 0 fully saturated rings. The van der Waals surface area contributed by atoms with Crippen molar-refractivity contribution < 1.29 is 13.6 Å². The smallest absolute Gasteiger partial charge is 0.255 e. The molecule has 3 aromatic rings. The zero-order valence-electron chi connectivity index (χ0n) is 11.7. The number of hydrogen-bond donors (Lipinski definition) is 2. The van der Waals surface area contributed by atoms with Gasteiger partial charge >= 0.3 is 0 Å². The van der Waals surface area contributed by atoms with Crippen LogP contribution in [0.2, 0.25) is 0 Å². The Balaban J connectivity index is 1.78. The highest BCUT2D eigenvalue weighted by Gasteiger charge is 2.11. The highest BCUT2D eigenvalue weighted by molar-refractivity contribution is 7.13. The SMILES string of the molecule is O=C(Nc1cc(F)ccc1F)c1cccc(Nc2nccs2)c1. The molecule has 2 aromatic carbocycles. The molecular weight excluding hydrogens is 320 g/mol. The normalized spacial score (nSPS) is 10.3. The monoisotopic (exact) mass is 331 g/mol. The van der Waals surface area contributed by atoms with Crippen molar-refractivity contribution >= 4 is 33.8 Å². The summed E-state index contributed by atoms with van der Waals surface area (Å²) in [4.78, 5) is 16.3. The Morgan fingerprint density at radius 1 is 1.13 bits per heavy atom. The Morgan fingerprint density at radius 2 is 2.00 bits per heavy atom. The summed E-state index contributed by atoms with van der Waals surface area (Å²) in [6.45, 7) is 0. The van der Waals surface area contributed by atoms with E-state index in [9.17, 15) is 13.6 Å². The first kappa shape index (κ1) is 15.1. The summed E-state index contributed by atoms with van der Waals surface area (Å²) in [5, 5.41) is 7.93. The number of halogens is 2. The molecular formula is C16H11F2N3OS. The highest BCUT2D eigenvalue weighted by Crippen LogP contribution is 2.21. The van der Waals surface area contributed by atoms with E-state index in [1.807, 2.05) is 5.38 Å². The van der Waals surface area contributed by atoms with Gasteiger partial charge in [0.15, 0.2) is 5.13 Å². The minimum Gasteiger partial charge on any atom is -0.332 e. The lowest BCUT2D eigenvalue weighted by atomic mass is 10.2. The second-order valence-electron chi connectivity index (χ2n) is 4.62. The van der Waals surface area contributed by atoms with Crippen LogP contribution in [0.3, 0.4) is 0 Å². The predicted molar refractivity (Wildman–Crippen MR) is 86.1 cm³/mol. The maximum Gasteiger partial charge on any atom is 0.255 e. The fourth-order valence-corrected chi connectivity index (χ4v) is 2.48. The number of amides is 1. The molecule has 0 saturated carbocycles. The first-order valence-electron chi connectivity index (χ1n) is 6.65. The van der Waals surface area contributed by atoms with Crippen molar-refractivity contribution in [3.8, 4) is 0 Å². The summed E-state index contributed by atoms with van der Waals surface area (Å²) in [7, 11) is 0. The van der Waals surface area contributed by atoms with E-state index in [0.29, 0.717) is 16.4 Å². The first-order valence-corrected chi connectivity index (χ1v) is 7.53. The van der Waals surface area contributed by atoms with Crippen LogP contribution in [0.4, 0.5) is 25.3 Å².